The molecule has 6 heteroatoms. The quantitative estimate of drug-likeness (QED) is 0.802. The Morgan fingerprint density at radius 3 is 2.50 bits per heavy atom. The maximum absolute atomic E-state index is 12.2. The lowest BCUT2D eigenvalue weighted by molar-refractivity contribution is -0.117. The second-order valence-corrected chi connectivity index (χ2v) is 5.88. The van der Waals surface area contributed by atoms with Crippen LogP contribution >= 0.6 is 0 Å². The molecule has 0 aliphatic rings. The minimum absolute atomic E-state index is 0.0197. The third-order valence-corrected chi connectivity index (χ3v) is 3.63. The van der Waals surface area contributed by atoms with Gasteiger partial charge >= 0.3 is 0 Å². The van der Waals surface area contributed by atoms with Gasteiger partial charge in [-0.3, -0.25) is 4.79 Å². The molecule has 1 amide bonds. The lowest BCUT2D eigenvalue weighted by atomic mass is 10.1. The first kappa shape index (κ1) is 15.9. The van der Waals surface area contributed by atoms with E-state index in [1.165, 1.54) is 4.80 Å². The first-order valence-electron chi connectivity index (χ1n) is 7.73. The van der Waals surface area contributed by atoms with E-state index in [1.807, 2.05) is 57.2 Å². The maximum Gasteiger partial charge on any atom is 0.248 e. The highest BCUT2D eigenvalue weighted by Crippen LogP contribution is 2.18. The summed E-state index contributed by atoms with van der Waals surface area (Å²) in [6.45, 7) is 6.00. The number of carbonyl (C=O) groups is 1. The zero-order chi connectivity index (χ0) is 17.1. The average molecular weight is 321 g/mol. The van der Waals surface area contributed by atoms with Gasteiger partial charge in [-0.15, -0.1) is 10.2 Å². The average Bonchev–Trinajstić information content (AvgIpc) is 2.94. The van der Waals surface area contributed by atoms with Crippen molar-refractivity contribution >= 4 is 11.6 Å². The molecule has 0 spiro atoms. The largest absolute Gasteiger partial charge is 0.324 e. The van der Waals surface area contributed by atoms with E-state index in [0.717, 1.165) is 27.9 Å². The van der Waals surface area contributed by atoms with Crippen molar-refractivity contribution in [3.8, 4) is 11.4 Å². The van der Waals surface area contributed by atoms with Gasteiger partial charge in [-0.2, -0.15) is 4.80 Å². The molecule has 6 nitrogen and oxygen atoms in total. The van der Waals surface area contributed by atoms with Gasteiger partial charge in [0.2, 0.25) is 11.7 Å². The number of nitrogens with one attached hydrogen (secondary N) is 1. The lowest BCUT2D eigenvalue weighted by Gasteiger charge is -2.07. The van der Waals surface area contributed by atoms with Crippen LogP contribution in [-0.4, -0.2) is 26.1 Å². The van der Waals surface area contributed by atoms with Crippen molar-refractivity contribution < 1.29 is 4.79 Å². The van der Waals surface area contributed by atoms with Gasteiger partial charge in [-0.05, 0) is 54.8 Å². The van der Waals surface area contributed by atoms with Crippen LogP contribution in [0.5, 0.6) is 0 Å². The fourth-order valence-corrected chi connectivity index (χ4v) is 2.62. The fourth-order valence-electron chi connectivity index (χ4n) is 2.62. The first-order valence-corrected chi connectivity index (χ1v) is 7.73. The summed E-state index contributed by atoms with van der Waals surface area (Å²) in [7, 11) is 0. The molecule has 122 valence electrons. The molecule has 0 aliphatic carbocycles. The van der Waals surface area contributed by atoms with Crippen LogP contribution in [0.4, 0.5) is 5.69 Å². The van der Waals surface area contributed by atoms with Crippen LogP contribution in [0.2, 0.25) is 0 Å². The highest BCUT2D eigenvalue weighted by Gasteiger charge is 2.11. The number of rotatable bonds is 4. The monoisotopic (exact) mass is 321 g/mol. The SMILES string of the molecule is Cc1cc(C)cc(NC(=O)Cn2nnc(-c3ccccc3C)n2)c1. The van der Waals surface area contributed by atoms with Crippen molar-refractivity contribution in [1.82, 2.24) is 20.2 Å². The van der Waals surface area contributed by atoms with Crippen LogP contribution in [0.3, 0.4) is 0 Å². The van der Waals surface area contributed by atoms with Crippen molar-refractivity contribution in [2.24, 2.45) is 0 Å². The number of nitrogens with zero attached hydrogens (tertiary/aromatic N) is 4. The van der Waals surface area contributed by atoms with E-state index >= 15 is 0 Å². The van der Waals surface area contributed by atoms with Crippen LogP contribution < -0.4 is 5.32 Å². The molecule has 0 saturated heterocycles. The summed E-state index contributed by atoms with van der Waals surface area (Å²) in [6, 6.07) is 13.7. The van der Waals surface area contributed by atoms with Crippen LogP contribution in [-0.2, 0) is 11.3 Å². The predicted octanol–water partition coefficient (Wildman–Crippen LogP) is 2.90. The second-order valence-electron chi connectivity index (χ2n) is 5.88. The Hall–Kier alpha value is -3.02. The summed E-state index contributed by atoms with van der Waals surface area (Å²) in [5, 5.41) is 15.2. The van der Waals surface area contributed by atoms with Crippen molar-refractivity contribution in [3.05, 3.63) is 59.2 Å². The van der Waals surface area contributed by atoms with Crippen LogP contribution in [0.1, 0.15) is 16.7 Å². The second kappa shape index (κ2) is 6.62. The number of amides is 1. The number of benzene rings is 2. The van der Waals surface area contributed by atoms with Crippen LogP contribution in [0.15, 0.2) is 42.5 Å². The van der Waals surface area contributed by atoms with Crippen LogP contribution in [0.25, 0.3) is 11.4 Å². The Morgan fingerprint density at radius 1 is 1.08 bits per heavy atom. The van der Waals surface area contributed by atoms with Gasteiger partial charge in [0, 0.05) is 11.3 Å². The third-order valence-electron chi connectivity index (χ3n) is 3.63. The predicted molar refractivity (Wildman–Crippen MR) is 92.5 cm³/mol. The van der Waals surface area contributed by atoms with E-state index in [4.69, 9.17) is 0 Å². The molecule has 3 rings (SSSR count). The molecule has 0 aliphatic heterocycles. The number of carbonyl (C=O) groups excluding carboxylic acids is 1. The molecule has 0 fully saturated rings. The summed E-state index contributed by atoms with van der Waals surface area (Å²) in [5.41, 5.74) is 4.96. The van der Waals surface area contributed by atoms with Gasteiger partial charge in [0.15, 0.2) is 0 Å². The molecule has 0 unspecified atom stereocenters. The minimum Gasteiger partial charge on any atom is -0.324 e. The Kier molecular flexibility index (Phi) is 4.37. The normalized spacial score (nSPS) is 10.6. The highest BCUT2D eigenvalue weighted by atomic mass is 16.2. The van der Waals surface area contributed by atoms with Crippen molar-refractivity contribution in [2.45, 2.75) is 27.3 Å². The van der Waals surface area contributed by atoms with Gasteiger partial charge in [0.05, 0.1) is 0 Å². The van der Waals surface area contributed by atoms with Gasteiger partial charge < -0.3 is 5.32 Å². The molecule has 0 radical (unpaired) electrons. The molecule has 24 heavy (non-hydrogen) atoms. The molecule has 2 aromatic carbocycles. The number of aryl methyl sites for hydroxylation is 3. The summed E-state index contributed by atoms with van der Waals surface area (Å²) in [5.74, 6) is 0.334. The highest BCUT2D eigenvalue weighted by molar-refractivity contribution is 5.90. The number of hydrogen-bond donors (Lipinski definition) is 1. The minimum atomic E-state index is -0.186. The smallest absolute Gasteiger partial charge is 0.248 e. The van der Waals surface area contributed by atoms with E-state index in [-0.39, 0.29) is 12.5 Å². The molecular weight excluding hydrogens is 302 g/mol. The van der Waals surface area contributed by atoms with E-state index in [2.05, 4.69) is 26.8 Å². The van der Waals surface area contributed by atoms with Crippen LogP contribution in [0, 0.1) is 20.8 Å². The molecular formula is C18H19N5O. The summed E-state index contributed by atoms with van der Waals surface area (Å²) in [4.78, 5) is 13.5. The standard InChI is InChI=1S/C18H19N5O/c1-12-8-13(2)10-15(9-12)19-17(24)11-23-21-18(20-22-23)16-7-5-4-6-14(16)3/h4-10H,11H2,1-3H3,(H,19,24). The summed E-state index contributed by atoms with van der Waals surface area (Å²) >= 11 is 0. The van der Waals surface area contributed by atoms with E-state index < -0.39 is 0 Å². The van der Waals surface area contributed by atoms with Gasteiger partial charge in [0.25, 0.3) is 0 Å². The topological polar surface area (TPSA) is 72.7 Å². The van der Waals surface area contributed by atoms with Gasteiger partial charge in [-0.1, -0.05) is 30.3 Å². The lowest BCUT2D eigenvalue weighted by Crippen LogP contribution is -2.20. The van der Waals surface area contributed by atoms with Crippen molar-refractivity contribution in [1.29, 1.82) is 0 Å². The Bertz CT molecular complexity index is 864. The number of hydrogen-bond acceptors (Lipinski definition) is 4. The van der Waals surface area contributed by atoms with E-state index in [9.17, 15) is 4.79 Å². The zero-order valence-corrected chi connectivity index (χ0v) is 13.9. The summed E-state index contributed by atoms with van der Waals surface area (Å²) < 4.78 is 0. The molecule has 0 bridgehead atoms. The molecule has 0 atom stereocenters. The van der Waals surface area contributed by atoms with Gasteiger partial charge in [-0.25, -0.2) is 0 Å². The molecule has 3 aromatic rings. The first-order chi connectivity index (χ1) is 11.5. The van der Waals surface area contributed by atoms with Crippen molar-refractivity contribution in [2.75, 3.05) is 5.32 Å². The summed E-state index contributed by atoms with van der Waals surface area (Å²) in [6.07, 6.45) is 0. The van der Waals surface area contributed by atoms with E-state index in [0.29, 0.717) is 5.82 Å². The number of anilines is 1. The third kappa shape index (κ3) is 3.65. The number of tetrazole rings is 1. The molecule has 1 N–H and O–H groups in total. The number of aromatic nitrogens is 4. The Labute approximate surface area is 140 Å². The Balaban J connectivity index is 1.70. The van der Waals surface area contributed by atoms with Crippen molar-refractivity contribution in [3.63, 3.8) is 0 Å². The molecule has 1 aromatic heterocycles. The Morgan fingerprint density at radius 2 is 1.79 bits per heavy atom. The van der Waals surface area contributed by atoms with E-state index in [1.54, 1.807) is 0 Å². The fraction of sp³-hybridized carbons (Fsp3) is 0.222. The zero-order valence-electron chi connectivity index (χ0n) is 13.9. The van der Waals surface area contributed by atoms with Gasteiger partial charge in [0.1, 0.15) is 6.54 Å². The maximum atomic E-state index is 12.2. The molecule has 1 heterocycles. The molecule has 0 saturated carbocycles.